The molecule has 2 aromatic rings. The van der Waals surface area contributed by atoms with Crippen LogP contribution in [0.1, 0.15) is 36.7 Å². The molecule has 0 unspecified atom stereocenters. The van der Waals surface area contributed by atoms with Crippen molar-refractivity contribution in [2.45, 2.75) is 32.9 Å². The van der Waals surface area contributed by atoms with Crippen molar-refractivity contribution >= 4 is 11.8 Å². The molecule has 6 nitrogen and oxygen atoms in total. The molecule has 0 aromatic heterocycles. The number of ether oxygens (including phenoxy) is 1. The third kappa shape index (κ3) is 5.58. The summed E-state index contributed by atoms with van der Waals surface area (Å²) in [6, 6.07) is 18.4. The van der Waals surface area contributed by atoms with Crippen molar-refractivity contribution in [3.63, 3.8) is 0 Å². The Kier molecular flexibility index (Phi) is 7.16. The molecule has 0 aliphatic carbocycles. The van der Waals surface area contributed by atoms with Crippen molar-refractivity contribution in [2.75, 3.05) is 6.61 Å². The van der Waals surface area contributed by atoms with Crippen LogP contribution in [0.15, 0.2) is 54.6 Å². The highest BCUT2D eigenvalue weighted by molar-refractivity contribution is 5.97. The van der Waals surface area contributed by atoms with Crippen LogP contribution >= 0.6 is 0 Å². The summed E-state index contributed by atoms with van der Waals surface area (Å²) in [5.74, 6) is -0.454. The van der Waals surface area contributed by atoms with Crippen molar-refractivity contribution in [2.24, 2.45) is 5.92 Å². The monoisotopic (exact) mass is 379 g/mol. The number of carbonyl (C=O) groups excluding carboxylic acids is 2. The largest absolute Gasteiger partial charge is 0.483 e. The van der Waals surface area contributed by atoms with Gasteiger partial charge in [0, 0.05) is 6.54 Å². The van der Waals surface area contributed by atoms with E-state index in [1.165, 1.54) is 0 Å². The van der Waals surface area contributed by atoms with Gasteiger partial charge in [-0.2, -0.15) is 5.26 Å². The molecule has 0 saturated carbocycles. The van der Waals surface area contributed by atoms with E-state index >= 15 is 0 Å². The number of benzene rings is 2. The Hall–Kier alpha value is -3.33. The second kappa shape index (κ2) is 9.56. The topological polar surface area (TPSA) is 91.2 Å². The van der Waals surface area contributed by atoms with E-state index in [1.807, 2.05) is 44.2 Å². The summed E-state index contributed by atoms with van der Waals surface area (Å²) >= 11 is 0. The summed E-state index contributed by atoms with van der Waals surface area (Å²) in [5.41, 5.74) is 0.351. The quantitative estimate of drug-likeness (QED) is 0.737. The minimum Gasteiger partial charge on any atom is -0.483 e. The lowest BCUT2D eigenvalue weighted by Gasteiger charge is -2.27. The van der Waals surface area contributed by atoms with Crippen LogP contribution in [0.4, 0.5) is 0 Å². The highest BCUT2D eigenvalue weighted by atomic mass is 16.5. The molecule has 0 fully saturated rings. The number of carbonyl (C=O) groups is 2. The number of rotatable bonds is 8. The number of nitrogens with one attached hydrogen (secondary N) is 2. The van der Waals surface area contributed by atoms with Gasteiger partial charge in [-0.1, -0.05) is 56.3 Å². The molecule has 2 amide bonds. The van der Waals surface area contributed by atoms with Crippen LogP contribution in [0.5, 0.6) is 5.75 Å². The van der Waals surface area contributed by atoms with E-state index in [0.29, 0.717) is 17.9 Å². The van der Waals surface area contributed by atoms with E-state index < -0.39 is 11.4 Å². The highest BCUT2D eigenvalue weighted by Gasteiger charge is 2.30. The fraction of sp³-hybridized carbons (Fsp3) is 0.318. The average molecular weight is 379 g/mol. The summed E-state index contributed by atoms with van der Waals surface area (Å²) in [4.78, 5) is 24.7. The van der Waals surface area contributed by atoms with E-state index in [2.05, 4.69) is 16.7 Å². The van der Waals surface area contributed by atoms with Gasteiger partial charge >= 0.3 is 0 Å². The van der Waals surface area contributed by atoms with Crippen LogP contribution in [0.2, 0.25) is 0 Å². The maximum absolute atomic E-state index is 12.5. The second-order valence-electron chi connectivity index (χ2n) is 6.97. The molecule has 0 aliphatic heterocycles. The van der Waals surface area contributed by atoms with Crippen LogP contribution in [-0.4, -0.2) is 24.0 Å². The minimum atomic E-state index is -0.979. The number of amides is 2. The maximum Gasteiger partial charge on any atom is 0.259 e. The summed E-state index contributed by atoms with van der Waals surface area (Å²) in [6.45, 7) is 5.49. The average Bonchev–Trinajstić information content (AvgIpc) is 2.71. The van der Waals surface area contributed by atoms with E-state index in [1.54, 1.807) is 31.2 Å². The van der Waals surface area contributed by atoms with Crippen LogP contribution in [0, 0.1) is 17.2 Å². The second-order valence-corrected chi connectivity index (χ2v) is 6.97. The predicted molar refractivity (Wildman–Crippen MR) is 107 cm³/mol. The van der Waals surface area contributed by atoms with E-state index in [0.717, 1.165) is 5.56 Å². The minimum absolute atomic E-state index is 0.0579. The van der Waals surface area contributed by atoms with Crippen molar-refractivity contribution in [3.8, 4) is 11.8 Å². The Balaban J connectivity index is 1.99. The molecule has 0 spiro atoms. The van der Waals surface area contributed by atoms with E-state index in [4.69, 9.17) is 4.74 Å². The first-order chi connectivity index (χ1) is 13.4. The predicted octanol–water partition coefficient (Wildman–Crippen LogP) is 3.05. The summed E-state index contributed by atoms with van der Waals surface area (Å²) in [7, 11) is 0. The molecule has 0 aliphatic rings. The molecule has 2 rings (SSSR count). The van der Waals surface area contributed by atoms with Gasteiger partial charge in [0.1, 0.15) is 11.3 Å². The zero-order chi connectivity index (χ0) is 20.6. The Morgan fingerprint density at radius 3 is 2.39 bits per heavy atom. The summed E-state index contributed by atoms with van der Waals surface area (Å²) in [6.07, 6.45) is 0. The van der Waals surface area contributed by atoms with Gasteiger partial charge in [-0.05, 0) is 30.5 Å². The van der Waals surface area contributed by atoms with Gasteiger partial charge in [-0.25, -0.2) is 0 Å². The molecule has 0 saturated heterocycles. The lowest BCUT2D eigenvalue weighted by molar-refractivity contribution is -0.124. The Labute approximate surface area is 165 Å². The fourth-order valence-corrected chi connectivity index (χ4v) is 2.42. The van der Waals surface area contributed by atoms with Gasteiger partial charge in [0.2, 0.25) is 0 Å². The first-order valence-electron chi connectivity index (χ1n) is 9.12. The van der Waals surface area contributed by atoms with Gasteiger partial charge in [-0.15, -0.1) is 0 Å². The first-order valence-corrected chi connectivity index (χ1v) is 9.12. The van der Waals surface area contributed by atoms with Gasteiger partial charge < -0.3 is 15.4 Å². The number of nitriles is 1. The van der Waals surface area contributed by atoms with E-state index in [9.17, 15) is 14.9 Å². The Morgan fingerprint density at radius 1 is 1.11 bits per heavy atom. The van der Waals surface area contributed by atoms with Crippen molar-refractivity contribution in [1.82, 2.24) is 10.6 Å². The van der Waals surface area contributed by atoms with Gasteiger partial charge in [-0.3, -0.25) is 9.59 Å². The molecule has 2 aromatic carbocycles. The van der Waals surface area contributed by atoms with Crippen LogP contribution < -0.4 is 15.4 Å². The first kappa shape index (κ1) is 21.0. The number of nitrogens with zero attached hydrogens (tertiary/aromatic N) is 1. The Morgan fingerprint density at radius 2 is 1.75 bits per heavy atom. The molecule has 2 N–H and O–H groups in total. The summed E-state index contributed by atoms with van der Waals surface area (Å²) in [5, 5.41) is 14.8. The fourth-order valence-electron chi connectivity index (χ4n) is 2.42. The molecule has 6 heteroatoms. The number of hydrogen-bond acceptors (Lipinski definition) is 4. The van der Waals surface area contributed by atoms with Crippen LogP contribution in [0.3, 0.4) is 0 Å². The third-order valence-electron chi connectivity index (χ3n) is 4.57. The molecule has 146 valence electrons. The van der Waals surface area contributed by atoms with Gasteiger partial charge in [0.15, 0.2) is 6.61 Å². The Bertz CT molecular complexity index is 859. The molecular formula is C22H25N3O3. The van der Waals surface area contributed by atoms with Gasteiger partial charge in [0.05, 0.1) is 11.6 Å². The zero-order valence-corrected chi connectivity index (χ0v) is 16.4. The molecule has 28 heavy (non-hydrogen) atoms. The van der Waals surface area contributed by atoms with Crippen molar-refractivity contribution in [1.29, 1.82) is 5.26 Å². The summed E-state index contributed by atoms with van der Waals surface area (Å²) < 4.78 is 5.56. The smallest absolute Gasteiger partial charge is 0.259 e. The number of para-hydroxylation sites is 1. The molecule has 0 heterocycles. The zero-order valence-electron chi connectivity index (χ0n) is 16.4. The normalized spacial score (nSPS) is 12.5. The lowest BCUT2D eigenvalue weighted by atomic mass is 9.90. The third-order valence-corrected chi connectivity index (χ3v) is 4.57. The molecule has 1 atom stereocenters. The van der Waals surface area contributed by atoms with Gasteiger partial charge in [0.25, 0.3) is 11.8 Å². The standard InChI is InChI=1S/C22H25N3O3/c1-16(2)22(3,15-23)25-20(26)14-28-19-12-8-7-11-18(19)21(27)24-13-17-9-5-4-6-10-17/h4-12,16H,13-14H2,1-3H3,(H,24,27)(H,25,26)/t22-/m0/s1. The highest BCUT2D eigenvalue weighted by Crippen LogP contribution is 2.19. The lowest BCUT2D eigenvalue weighted by Crippen LogP contribution is -2.50. The van der Waals surface area contributed by atoms with Crippen molar-refractivity contribution in [3.05, 3.63) is 65.7 Å². The molecular weight excluding hydrogens is 354 g/mol. The molecule has 0 bridgehead atoms. The SMILES string of the molecule is CC(C)[C@](C)(C#N)NC(=O)COc1ccccc1C(=O)NCc1ccccc1. The maximum atomic E-state index is 12.5. The number of hydrogen-bond donors (Lipinski definition) is 2. The van der Waals surface area contributed by atoms with E-state index in [-0.39, 0.29) is 18.4 Å². The van der Waals surface area contributed by atoms with Crippen molar-refractivity contribution < 1.29 is 14.3 Å². The molecule has 0 radical (unpaired) electrons. The van der Waals surface area contributed by atoms with Crippen LogP contribution in [-0.2, 0) is 11.3 Å². The van der Waals surface area contributed by atoms with Crippen LogP contribution in [0.25, 0.3) is 0 Å².